The minimum atomic E-state index is -0.310. The number of nitrogens with zero attached hydrogens (tertiary/aromatic N) is 2. The van der Waals surface area contributed by atoms with E-state index in [9.17, 15) is 9.90 Å². The van der Waals surface area contributed by atoms with Crippen molar-refractivity contribution in [2.45, 2.75) is 45.3 Å². The lowest BCUT2D eigenvalue weighted by molar-refractivity contribution is -0.207. The van der Waals surface area contributed by atoms with Gasteiger partial charge in [0.2, 0.25) is 0 Å². The Labute approximate surface area is 147 Å². The highest BCUT2D eigenvalue weighted by Gasteiger charge is 2.56. The maximum absolute atomic E-state index is 12.9. The number of aliphatic hydroxyl groups excluding tert-OH is 1. The van der Waals surface area contributed by atoms with E-state index in [0.717, 1.165) is 29.3 Å². The lowest BCUT2D eigenvalue weighted by Crippen LogP contribution is -2.62. The SMILES string of the molecule is CCOC1CC(O)C12CCN(C(=O)c1n[nH]c3ccc(C)cc13)CC2. The van der Waals surface area contributed by atoms with E-state index in [1.54, 1.807) is 0 Å². The third kappa shape index (κ3) is 2.55. The van der Waals surface area contributed by atoms with E-state index in [2.05, 4.69) is 10.2 Å². The number of piperidine rings is 1. The first kappa shape index (κ1) is 16.5. The molecule has 0 bridgehead atoms. The number of benzene rings is 1. The molecule has 2 aliphatic rings. The molecule has 6 nitrogen and oxygen atoms in total. The fourth-order valence-electron chi connectivity index (χ4n) is 4.38. The molecule has 4 rings (SSSR count). The van der Waals surface area contributed by atoms with Crippen molar-refractivity contribution in [3.63, 3.8) is 0 Å². The van der Waals surface area contributed by atoms with E-state index in [0.29, 0.717) is 31.8 Å². The Hall–Kier alpha value is -1.92. The Morgan fingerprint density at radius 3 is 2.88 bits per heavy atom. The number of aromatic amines is 1. The molecule has 6 heteroatoms. The highest BCUT2D eigenvalue weighted by molar-refractivity contribution is 6.04. The number of hydrogen-bond acceptors (Lipinski definition) is 4. The number of fused-ring (bicyclic) bond motifs is 1. The molecule has 1 saturated heterocycles. The maximum Gasteiger partial charge on any atom is 0.274 e. The minimum absolute atomic E-state index is 0.0338. The standard InChI is InChI=1S/C19H25N3O3/c1-3-25-16-11-15(23)19(16)6-8-22(9-7-19)18(24)17-13-10-12(2)4-5-14(13)20-21-17/h4-5,10,15-16,23H,3,6-9,11H2,1-2H3,(H,20,21). The zero-order valence-electron chi connectivity index (χ0n) is 14.8. The van der Waals surface area contributed by atoms with Gasteiger partial charge in [0.15, 0.2) is 5.69 Å². The number of ether oxygens (including phenoxy) is 1. The number of H-pyrrole nitrogens is 1. The van der Waals surface area contributed by atoms with E-state index in [1.807, 2.05) is 36.9 Å². The largest absolute Gasteiger partial charge is 0.392 e. The third-order valence-electron chi connectivity index (χ3n) is 6.01. The van der Waals surface area contributed by atoms with Gasteiger partial charge in [-0.25, -0.2) is 0 Å². The second-order valence-electron chi connectivity index (χ2n) is 7.34. The van der Waals surface area contributed by atoms with Gasteiger partial charge in [0, 0.05) is 36.9 Å². The van der Waals surface area contributed by atoms with E-state index >= 15 is 0 Å². The zero-order valence-corrected chi connectivity index (χ0v) is 14.8. The van der Waals surface area contributed by atoms with Crippen LogP contribution in [0.15, 0.2) is 18.2 Å². The summed E-state index contributed by atoms with van der Waals surface area (Å²) in [6.07, 6.45) is 2.09. The van der Waals surface area contributed by atoms with Crippen LogP contribution in [-0.2, 0) is 4.74 Å². The summed E-state index contributed by atoms with van der Waals surface area (Å²) in [5, 5.41) is 18.4. The van der Waals surface area contributed by atoms with Gasteiger partial charge >= 0.3 is 0 Å². The number of hydrogen-bond donors (Lipinski definition) is 2. The molecule has 2 aromatic rings. The lowest BCUT2D eigenvalue weighted by atomic mass is 9.58. The van der Waals surface area contributed by atoms with E-state index in [4.69, 9.17) is 4.74 Å². The molecule has 1 amide bonds. The van der Waals surface area contributed by atoms with Gasteiger partial charge in [0.05, 0.1) is 17.7 Å². The van der Waals surface area contributed by atoms with E-state index < -0.39 is 0 Å². The molecular weight excluding hydrogens is 318 g/mol. The van der Waals surface area contributed by atoms with Crippen molar-refractivity contribution in [2.24, 2.45) is 5.41 Å². The first-order chi connectivity index (χ1) is 12.0. The Kier molecular flexibility index (Phi) is 4.04. The van der Waals surface area contributed by atoms with Crippen molar-refractivity contribution in [3.05, 3.63) is 29.5 Å². The number of nitrogens with one attached hydrogen (secondary N) is 1. The topological polar surface area (TPSA) is 78.5 Å². The molecule has 0 radical (unpaired) electrons. The summed E-state index contributed by atoms with van der Waals surface area (Å²) >= 11 is 0. The lowest BCUT2D eigenvalue weighted by Gasteiger charge is -2.56. The van der Waals surface area contributed by atoms with Crippen molar-refractivity contribution >= 4 is 16.8 Å². The molecule has 1 saturated carbocycles. The second-order valence-corrected chi connectivity index (χ2v) is 7.34. The number of likely N-dealkylation sites (tertiary alicyclic amines) is 1. The summed E-state index contributed by atoms with van der Waals surface area (Å²) in [5.74, 6) is -0.0338. The Morgan fingerprint density at radius 1 is 1.44 bits per heavy atom. The predicted octanol–water partition coefficient (Wildman–Crippen LogP) is 2.26. The molecule has 1 aliphatic carbocycles. The number of aliphatic hydroxyl groups is 1. The number of rotatable bonds is 3. The molecular formula is C19H25N3O3. The van der Waals surface area contributed by atoms with E-state index in [1.165, 1.54) is 0 Å². The van der Waals surface area contributed by atoms with Gasteiger partial charge in [0.1, 0.15) is 0 Å². The fraction of sp³-hybridized carbons (Fsp3) is 0.579. The van der Waals surface area contributed by atoms with Crippen LogP contribution in [0.2, 0.25) is 0 Å². The average molecular weight is 343 g/mol. The van der Waals surface area contributed by atoms with Crippen LogP contribution in [0.4, 0.5) is 0 Å². The summed E-state index contributed by atoms with van der Waals surface area (Å²) in [6, 6.07) is 5.96. The highest BCUT2D eigenvalue weighted by atomic mass is 16.5. The summed E-state index contributed by atoms with van der Waals surface area (Å²) in [7, 11) is 0. The molecule has 2 N–H and O–H groups in total. The quantitative estimate of drug-likeness (QED) is 0.896. The molecule has 134 valence electrons. The molecule has 25 heavy (non-hydrogen) atoms. The van der Waals surface area contributed by atoms with Gasteiger partial charge in [-0.1, -0.05) is 11.6 Å². The van der Waals surface area contributed by atoms with Crippen molar-refractivity contribution in [1.82, 2.24) is 15.1 Å². The summed E-state index contributed by atoms with van der Waals surface area (Å²) in [4.78, 5) is 14.8. The smallest absolute Gasteiger partial charge is 0.274 e. The normalized spacial score (nSPS) is 25.3. The van der Waals surface area contributed by atoms with Gasteiger partial charge in [-0.3, -0.25) is 9.89 Å². The number of aryl methyl sites for hydroxylation is 1. The van der Waals surface area contributed by atoms with Gasteiger partial charge in [-0.15, -0.1) is 0 Å². The fourth-order valence-corrected chi connectivity index (χ4v) is 4.38. The van der Waals surface area contributed by atoms with Crippen molar-refractivity contribution in [2.75, 3.05) is 19.7 Å². The Balaban J connectivity index is 1.50. The van der Waals surface area contributed by atoms with Crippen LogP contribution >= 0.6 is 0 Å². The maximum atomic E-state index is 12.9. The number of carbonyl (C=O) groups excluding carboxylic acids is 1. The molecule has 2 unspecified atom stereocenters. The van der Waals surface area contributed by atoms with Crippen molar-refractivity contribution in [1.29, 1.82) is 0 Å². The molecule has 1 aromatic heterocycles. The second kappa shape index (κ2) is 6.11. The van der Waals surface area contributed by atoms with Crippen molar-refractivity contribution in [3.8, 4) is 0 Å². The van der Waals surface area contributed by atoms with Crippen LogP contribution < -0.4 is 0 Å². The third-order valence-corrected chi connectivity index (χ3v) is 6.01. The van der Waals surface area contributed by atoms with Gasteiger partial charge in [-0.05, 0) is 38.8 Å². The summed E-state index contributed by atoms with van der Waals surface area (Å²) in [5.41, 5.74) is 2.31. The van der Waals surface area contributed by atoms with Crippen LogP contribution in [-0.4, -0.2) is 58.0 Å². The van der Waals surface area contributed by atoms with Gasteiger partial charge in [0.25, 0.3) is 5.91 Å². The van der Waals surface area contributed by atoms with Crippen LogP contribution in [0.1, 0.15) is 42.2 Å². The zero-order chi connectivity index (χ0) is 17.6. The Morgan fingerprint density at radius 2 is 2.20 bits per heavy atom. The first-order valence-electron chi connectivity index (χ1n) is 9.09. The first-order valence-corrected chi connectivity index (χ1v) is 9.09. The molecule has 1 aliphatic heterocycles. The number of carbonyl (C=O) groups is 1. The minimum Gasteiger partial charge on any atom is -0.392 e. The molecule has 2 fully saturated rings. The number of aromatic nitrogens is 2. The molecule has 1 aromatic carbocycles. The van der Waals surface area contributed by atoms with Crippen LogP contribution in [0.25, 0.3) is 10.9 Å². The number of amides is 1. The van der Waals surface area contributed by atoms with Gasteiger partial charge in [-0.2, -0.15) is 5.10 Å². The van der Waals surface area contributed by atoms with Crippen LogP contribution in [0.3, 0.4) is 0 Å². The van der Waals surface area contributed by atoms with Crippen LogP contribution in [0, 0.1) is 12.3 Å². The Bertz CT molecular complexity index is 790. The molecule has 2 heterocycles. The van der Waals surface area contributed by atoms with E-state index in [-0.39, 0.29) is 23.5 Å². The summed E-state index contributed by atoms with van der Waals surface area (Å²) in [6.45, 7) is 5.94. The monoisotopic (exact) mass is 343 g/mol. The predicted molar refractivity (Wildman–Crippen MR) is 94.4 cm³/mol. The van der Waals surface area contributed by atoms with Crippen molar-refractivity contribution < 1.29 is 14.6 Å². The highest BCUT2D eigenvalue weighted by Crippen LogP contribution is 2.51. The molecule has 1 spiro atoms. The van der Waals surface area contributed by atoms with Gasteiger partial charge < -0.3 is 14.7 Å². The molecule has 2 atom stereocenters. The van der Waals surface area contributed by atoms with Crippen LogP contribution in [0.5, 0.6) is 0 Å². The summed E-state index contributed by atoms with van der Waals surface area (Å²) < 4.78 is 5.80. The average Bonchev–Trinajstić information content (AvgIpc) is 3.04.